The number of halogens is 3. The molecule has 0 aliphatic carbocycles. The van der Waals surface area contributed by atoms with Crippen LogP contribution < -0.4 is 11.5 Å². The van der Waals surface area contributed by atoms with E-state index in [1.165, 1.54) is 6.07 Å². The molecule has 2 nitrogen and oxygen atoms in total. The largest absolute Gasteiger partial charge is 0.398 e. The SMILES string of the molecule is Nc1c(F)cccc1Br.Nc1ccccc1Cl. The van der Waals surface area contributed by atoms with Crippen LogP contribution in [-0.4, -0.2) is 0 Å². The van der Waals surface area contributed by atoms with Crippen LogP contribution in [0.15, 0.2) is 46.9 Å². The van der Waals surface area contributed by atoms with Crippen LogP contribution in [0.4, 0.5) is 15.8 Å². The number of para-hydroxylation sites is 2. The number of hydrogen-bond acceptors (Lipinski definition) is 2. The van der Waals surface area contributed by atoms with Gasteiger partial charge in [0.1, 0.15) is 5.82 Å². The lowest BCUT2D eigenvalue weighted by molar-refractivity contribution is 0.632. The van der Waals surface area contributed by atoms with E-state index in [1.807, 2.05) is 12.1 Å². The van der Waals surface area contributed by atoms with Crippen LogP contribution in [0.1, 0.15) is 0 Å². The van der Waals surface area contributed by atoms with Gasteiger partial charge in [-0.1, -0.05) is 29.8 Å². The molecule has 4 N–H and O–H groups in total. The molecule has 0 saturated carbocycles. The minimum Gasteiger partial charge on any atom is -0.398 e. The van der Waals surface area contributed by atoms with E-state index in [2.05, 4.69) is 15.9 Å². The van der Waals surface area contributed by atoms with Crippen molar-refractivity contribution in [2.75, 3.05) is 11.5 Å². The third kappa shape index (κ3) is 4.24. The molecule has 0 heterocycles. The Morgan fingerprint density at radius 1 is 1.00 bits per heavy atom. The van der Waals surface area contributed by atoms with Crippen molar-refractivity contribution < 1.29 is 4.39 Å². The van der Waals surface area contributed by atoms with E-state index in [9.17, 15) is 4.39 Å². The van der Waals surface area contributed by atoms with Crippen LogP contribution in [0.25, 0.3) is 0 Å². The number of nitrogen functional groups attached to an aromatic ring is 2. The highest BCUT2D eigenvalue weighted by Crippen LogP contribution is 2.20. The summed E-state index contributed by atoms with van der Waals surface area (Å²) in [6.45, 7) is 0. The first-order valence-electron chi connectivity index (χ1n) is 4.72. The van der Waals surface area contributed by atoms with Crippen LogP contribution in [0.5, 0.6) is 0 Å². The van der Waals surface area contributed by atoms with Gasteiger partial charge in [0.05, 0.1) is 16.4 Å². The Labute approximate surface area is 113 Å². The molecule has 0 bridgehead atoms. The molecule has 2 aromatic rings. The molecule has 0 saturated heterocycles. The second-order valence-electron chi connectivity index (χ2n) is 3.16. The van der Waals surface area contributed by atoms with E-state index in [4.69, 9.17) is 23.1 Å². The second-order valence-corrected chi connectivity index (χ2v) is 4.42. The number of nitrogens with two attached hydrogens (primary N) is 2. The van der Waals surface area contributed by atoms with E-state index in [-0.39, 0.29) is 11.5 Å². The summed E-state index contributed by atoms with van der Waals surface area (Å²) >= 11 is 8.66. The molecule has 0 amide bonds. The van der Waals surface area contributed by atoms with Gasteiger partial charge in [0.25, 0.3) is 0 Å². The van der Waals surface area contributed by atoms with Crippen molar-refractivity contribution in [3.05, 3.63) is 57.8 Å². The summed E-state index contributed by atoms with van der Waals surface area (Å²) in [5.41, 5.74) is 11.4. The van der Waals surface area contributed by atoms with Crippen molar-refractivity contribution in [2.45, 2.75) is 0 Å². The number of rotatable bonds is 0. The maximum Gasteiger partial charge on any atom is 0.147 e. The van der Waals surface area contributed by atoms with Gasteiger partial charge in [-0.05, 0) is 40.2 Å². The summed E-state index contributed by atoms with van der Waals surface area (Å²) in [6.07, 6.45) is 0. The van der Waals surface area contributed by atoms with Crippen LogP contribution in [-0.2, 0) is 0 Å². The van der Waals surface area contributed by atoms with Crippen molar-refractivity contribution in [3.8, 4) is 0 Å². The molecule has 17 heavy (non-hydrogen) atoms. The summed E-state index contributed by atoms with van der Waals surface area (Å²) in [7, 11) is 0. The molecule has 0 aliphatic rings. The van der Waals surface area contributed by atoms with E-state index in [0.717, 1.165) is 0 Å². The van der Waals surface area contributed by atoms with Gasteiger partial charge in [0.15, 0.2) is 0 Å². The highest BCUT2D eigenvalue weighted by Gasteiger charge is 1.98. The molecule has 2 rings (SSSR count). The fourth-order valence-electron chi connectivity index (χ4n) is 0.986. The van der Waals surface area contributed by atoms with E-state index in [1.54, 1.807) is 24.3 Å². The predicted molar refractivity (Wildman–Crippen MR) is 74.4 cm³/mol. The molecular formula is C12H11BrClFN2. The smallest absolute Gasteiger partial charge is 0.147 e. The van der Waals surface area contributed by atoms with Crippen molar-refractivity contribution in [1.29, 1.82) is 0 Å². The maximum atomic E-state index is 12.4. The minimum atomic E-state index is -0.385. The lowest BCUT2D eigenvalue weighted by atomic mass is 10.3. The van der Waals surface area contributed by atoms with Gasteiger partial charge in [-0.2, -0.15) is 0 Å². The van der Waals surface area contributed by atoms with E-state index in [0.29, 0.717) is 15.2 Å². The van der Waals surface area contributed by atoms with E-state index >= 15 is 0 Å². The fourth-order valence-corrected chi connectivity index (χ4v) is 1.46. The molecule has 5 heteroatoms. The van der Waals surface area contributed by atoms with Crippen molar-refractivity contribution in [3.63, 3.8) is 0 Å². The number of anilines is 2. The molecule has 90 valence electrons. The molecule has 0 aliphatic heterocycles. The Hall–Kier alpha value is -1.26. The molecule has 0 radical (unpaired) electrons. The van der Waals surface area contributed by atoms with Crippen molar-refractivity contribution >= 4 is 38.9 Å². The third-order valence-corrected chi connectivity index (χ3v) is 2.94. The number of hydrogen-bond donors (Lipinski definition) is 2. The summed E-state index contributed by atoms with van der Waals surface area (Å²) < 4.78 is 13.0. The molecule has 0 atom stereocenters. The average Bonchev–Trinajstić information content (AvgIpc) is 2.31. The Balaban J connectivity index is 0.000000171. The lowest BCUT2D eigenvalue weighted by Crippen LogP contribution is -1.89. The first-order chi connectivity index (χ1) is 8.02. The molecule has 0 aromatic heterocycles. The summed E-state index contributed by atoms with van der Waals surface area (Å²) in [4.78, 5) is 0. The Bertz CT molecular complexity index is 464. The topological polar surface area (TPSA) is 52.0 Å². The van der Waals surface area contributed by atoms with Gasteiger partial charge < -0.3 is 11.5 Å². The second kappa shape index (κ2) is 6.47. The Morgan fingerprint density at radius 2 is 1.65 bits per heavy atom. The summed E-state index contributed by atoms with van der Waals surface area (Å²) in [5, 5.41) is 0.618. The van der Waals surface area contributed by atoms with E-state index < -0.39 is 0 Å². The van der Waals surface area contributed by atoms with Crippen LogP contribution in [0, 0.1) is 5.82 Å². The normalized spacial score (nSPS) is 9.35. The zero-order valence-corrected chi connectivity index (χ0v) is 11.2. The first-order valence-corrected chi connectivity index (χ1v) is 5.89. The molecule has 0 spiro atoms. The molecular weight excluding hydrogens is 307 g/mol. The quantitative estimate of drug-likeness (QED) is 0.719. The zero-order chi connectivity index (χ0) is 12.8. The standard InChI is InChI=1S/C6H5BrFN.C6H6ClN/c7-4-2-1-3-5(8)6(4)9;7-5-3-1-2-4-6(5)8/h1-3H,9H2;1-4H,8H2. The zero-order valence-electron chi connectivity index (χ0n) is 8.83. The predicted octanol–water partition coefficient (Wildman–Crippen LogP) is 4.09. The number of benzene rings is 2. The van der Waals surface area contributed by atoms with Crippen LogP contribution in [0.3, 0.4) is 0 Å². The molecule has 0 unspecified atom stereocenters. The first kappa shape index (κ1) is 13.8. The summed E-state index contributed by atoms with van der Waals surface area (Å²) in [6, 6.07) is 11.8. The highest BCUT2D eigenvalue weighted by atomic mass is 79.9. The van der Waals surface area contributed by atoms with Crippen LogP contribution in [0.2, 0.25) is 5.02 Å². The van der Waals surface area contributed by atoms with Gasteiger partial charge in [-0.3, -0.25) is 0 Å². The fraction of sp³-hybridized carbons (Fsp3) is 0. The highest BCUT2D eigenvalue weighted by molar-refractivity contribution is 9.10. The minimum absolute atomic E-state index is 0.164. The Morgan fingerprint density at radius 3 is 2.06 bits per heavy atom. The molecule has 2 aromatic carbocycles. The van der Waals surface area contributed by atoms with Gasteiger partial charge in [0.2, 0.25) is 0 Å². The van der Waals surface area contributed by atoms with Gasteiger partial charge in [0, 0.05) is 4.47 Å². The van der Waals surface area contributed by atoms with Crippen LogP contribution >= 0.6 is 27.5 Å². The maximum absolute atomic E-state index is 12.4. The Kier molecular flexibility index (Phi) is 5.25. The lowest BCUT2D eigenvalue weighted by Gasteiger charge is -1.95. The van der Waals surface area contributed by atoms with Crippen molar-refractivity contribution in [2.24, 2.45) is 0 Å². The van der Waals surface area contributed by atoms with Gasteiger partial charge in [-0.25, -0.2) is 4.39 Å². The van der Waals surface area contributed by atoms with Gasteiger partial charge >= 0.3 is 0 Å². The summed E-state index contributed by atoms with van der Waals surface area (Å²) in [5.74, 6) is -0.385. The van der Waals surface area contributed by atoms with Gasteiger partial charge in [-0.15, -0.1) is 0 Å². The molecule has 0 fully saturated rings. The third-order valence-electron chi connectivity index (χ3n) is 1.90. The monoisotopic (exact) mass is 316 g/mol. The average molecular weight is 318 g/mol. The van der Waals surface area contributed by atoms with Crippen molar-refractivity contribution in [1.82, 2.24) is 0 Å².